The third-order valence-corrected chi connectivity index (χ3v) is 4.57. The number of carbonyl (C=O) groups is 3. The van der Waals surface area contributed by atoms with Gasteiger partial charge in [-0.15, -0.1) is 0 Å². The van der Waals surface area contributed by atoms with Crippen molar-refractivity contribution in [1.29, 1.82) is 0 Å². The second kappa shape index (κ2) is 5.29. The van der Waals surface area contributed by atoms with Gasteiger partial charge < -0.3 is 15.5 Å². The molecule has 0 aromatic rings. The number of likely N-dealkylation sites (N-methyl/N-ethyl adjacent to an activating group) is 1. The van der Waals surface area contributed by atoms with Crippen LogP contribution in [0.25, 0.3) is 0 Å². The molecular weight excluding hydrogens is 272 g/mol. The van der Waals surface area contributed by atoms with E-state index in [1.807, 2.05) is 6.92 Å². The van der Waals surface area contributed by atoms with Crippen molar-refractivity contribution < 1.29 is 14.4 Å². The van der Waals surface area contributed by atoms with Gasteiger partial charge in [0.15, 0.2) is 0 Å². The molecule has 2 N–H and O–H groups in total. The highest BCUT2D eigenvalue weighted by Gasteiger charge is 2.52. The number of carbonyl (C=O) groups excluding carboxylic acids is 3. The van der Waals surface area contributed by atoms with Gasteiger partial charge in [0.25, 0.3) is 5.91 Å². The van der Waals surface area contributed by atoms with Crippen LogP contribution in [0.4, 0.5) is 4.79 Å². The van der Waals surface area contributed by atoms with E-state index in [0.717, 1.165) is 30.7 Å². The Bertz CT molecular complexity index is 469. The Labute approximate surface area is 124 Å². The summed E-state index contributed by atoms with van der Waals surface area (Å²) in [7, 11) is 0. The second-order valence-corrected chi connectivity index (χ2v) is 6.09. The molecule has 1 aliphatic carbocycles. The lowest BCUT2D eigenvalue weighted by molar-refractivity contribution is -0.139. The summed E-state index contributed by atoms with van der Waals surface area (Å²) in [5.41, 5.74) is -0.841. The van der Waals surface area contributed by atoms with Crippen LogP contribution in [-0.2, 0) is 9.59 Å². The molecule has 1 atom stereocenters. The number of rotatable bonds is 4. The summed E-state index contributed by atoms with van der Waals surface area (Å²) in [6, 6.07) is -0.141. The van der Waals surface area contributed by atoms with E-state index in [-0.39, 0.29) is 18.4 Å². The van der Waals surface area contributed by atoms with Crippen LogP contribution in [0.2, 0.25) is 0 Å². The molecule has 2 aliphatic heterocycles. The lowest BCUT2D eigenvalue weighted by Gasteiger charge is -2.31. The zero-order valence-electron chi connectivity index (χ0n) is 12.4. The Morgan fingerprint density at radius 2 is 2.19 bits per heavy atom. The zero-order valence-corrected chi connectivity index (χ0v) is 12.4. The molecule has 0 bridgehead atoms. The van der Waals surface area contributed by atoms with E-state index in [0.29, 0.717) is 25.6 Å². The van der Waals surface area contributed by atoms with E-state index in [1.165, 1.54) is 0 Å². The minimum absolute atomic E-state index is 0.135. The molecule has 1 saturated carbocycles. The van der Waals surface area contributed by atoms with Crippen LogP contribution in [0, 0.1) is 0 Å². The van der Waals surface area contributed by atoms with Gasteiger partial charge in [-0.3, -0.25) is 14.5 Å². The van der Waals surface area contributed by atoms with Crippen molar-refractivity contribution in [3.05, 3.63) is 0 Å². The highest BCUT2D eigenvalue weighted by molar-refractivity contribution is 6.09. The van der Waals surface area contributed by atoms with Gasteiger partial charge in [-0.05, 0) is 39.2 Å². The lowest BCUT2D eigenvalue weighted by Crippen LogP contribution is -2.57. The number of hydrogen-bond donors (Lipinski definition) is 2. The first kappa shape index (κ1) is 14.3. The van der Waals surface area contributed by atoms with Crippen LogP contribution in [0.5, 0.6) is 0 Å². The topological polar surface area (TPSA) is 81.8 Å². The number of amides is 4. The summed E-state index contributed by atoms with van der Waals surface area (Å²) in [5, 5.41) is 5.93. The first-order valence-corrected chi connectivity index (χ1v) is 7.72. The molecule has 4 amide bonds. The average molecular weight is 294 g/mol. The first-order chi connectivity index (χ1) is 10.1. The highest BCUT2D eigenvalue weighted by Crippen LogP contribution is 2.28. The maximum Gasteiger partial charge on any atom is 0.325 e. The zero-order chi connectivity index (χ0) is 15.0. The smallest absolute Gasteiger partial charge is 0.325 e. The maximum absolute atomic E-state index is 12.6. The molecule has 7 nitrogen and oxygen atoms in total. The molecule has 116 valence electrons. The number of nitrogens with one attached hydrogen (secondary N) is 2. The summed E-state index contributed by atoms with van der Waals surface area (Å²) in [5.74, 6) is -0.399. The molecule has 3 rings (SSSR count). The maximum atomic E-state index is 12.6. The fourth-order valence-corrected chi connectivity index (χ4v) is 3.26. The van der Waals surface area contributed by atoms with Crippen LogP contribution in [0.15, 0.2) is 0 Å². The lowest BCUT2D eigenvalue weighted by atomic mass is 9.90. The van der Waals surface area contributed by atoms with E-state index < -0.39 is 11.6 Å². The standard InChI is InChI=1S/C14H22N4O3/c1-2-17(10-4-5-10)11(19)8-18-12(20)14(16-13(18)21)6-3-7-15-9-14/h10,15H,2-9H2,1H3,(H,16,21). The van der Waals surface area contributed by atoms with Gasteiger partial charge >= 0.3 is 6.03 Å². The Balaban J connectivity index is 1.69. The first-order valence-electron chi connectivity index (χ1n) is 7.72. The molecule has 3 aliphatic rings. The number of hydrogen-bond acceptors (Lipinski definition) is 4. The van der Waals surface area contributed by atoms with Crippen LogP contribution in [-0.4, -0.2) is 65.4 Å². The minimum atomic E-state index is -0.841. The van der Waals surface area contributed by atoms with Crippen LogP contribution in [0.1, 0.15) is 32.6 Å². The molecule has 3 fully saturated rings. The molecule has 2 heterocycles. The molecule has 21 heavy (non-hydrogen) atoms. The summed E-state index contributed by atoms with van der Waals surface area (Å²) < 4.78 is 0. The van der Waals surface area contributed by atoms with Gasteiger partial charge in [-0.2, -0.15) is 0 Å². The molecule has 2 saturated heterocycles. The third-order valence-electron chi connectivity index (χ3n) is 4.57. The number of imide groups is 1. The summed E-state index contributed by atoms with van der Waals surface area (Å²) >= 11 is 0. The SMILES string of the molecule is CCN(C(=O)CN1C(=O)NC2(CCCNC2)C1=O)C1CC1. The van der Waals surface area contributed by atoms with Crippen molar-refractivity contribution >= 4 is 17.8 Å². The molecule has 1 spiro atoms. The Kier molecular flexibility index (Phi) is 3.61. The Morgan fingerprint density at radius 1 is 1.43 bits per heavy atom. The normalized spacial score (nSPS) is 28.9. The molecule has 0 radical (unpaired) electrons. The largest absolute Gasteiger partial charge is 0.338 e. The molecule has 0 aromatic carbocycles. The average Bonchev–Trinajstić information content (AvgIpc) is 3.27. The Hall–Kier alpha value is -1.63. The molecule has 0 aromatic heterocycles. The summed E-state index contributed by atoms with van der Waals surface area (Å²) in [4.78, 5) is 39.8. The van der Waals surface area contributed by atoms with Gasteiger partial charge in [0, 0.05) is 19.1 Å². The monoisotopic (exact) mass is 294 g/mol. The van der Waals surface area contributed by atoms with Gasteiger partial charge in [-0.25, -0.2) is 4.79 Å². The van der Waals surface area contributed by atoms with Crippen molar-refractivity contribution in [2.24, 2.45) is 0 Å². The molecular formula is C14H22N4O3. The van der Waals surface area contributed by atoms with E-state index in [9.17, 15) is 14.4 Å². The van der Waals surface area contributed by atoms with Crippen molar-refractivity contribution in [2.45, 2.75) is 44.2 Å². The van der Waals surface area contributed by atoms with Crippen LogP contribution < -0.4 is 10.6 Å². The van der Waals surface area contributed by atoms with E-state index in [4.69, 9.17) is 0 Å². The van der Waals surface area contributed by atoms with Gasteiger partial charge in [0.05, 0.1) is 0 Å². The summed E-state index contributed by atoms with van der Waals surface area (Å²) in [6.07, 6.45) is 3.52. The van der Waals surface area contributed by atoms with Gasteiger partial charge in [0.2, 0.25) is 5.91 Å². The quantitative estimate of drug-likeness (QED) is 0.696. The fraction of sp³-hybridized carbons (Fsp3) is 0.786. The van der Waals surface area contributed by atoms with Gasteiger partial charge in [0.1, 0.15) is 12.1 Å². The Morgan fingerprint density at radius 3 is 2.76 bits per heavy atom. The van der Waals surface area contributed by atoms with Crippen molar-refractivity contribution in [2.75, 3.05) is 26.2 Å². The van der Waals surface area contributed by atoms with Crippen molar-refractivity contribution in [1.82, 2.24) is 20.4 Å². The minimum Gasteiger partial charge on any atom is -0.338 e. The number of nitrogens with zero attached hydrogens (tertiary/aromatic N) is 2. The van der Waals surface area contributed by atoms with E-state index in [1.54, 1.807) is 4.90 Å². The van der Waals surface area contributed by atoms with E-state index >= 15 is 0 Å². The predicted octanol–water partition coefficient (Wildman–Crippen LogP) is -0.329. The van der Waals surface area contributed by atoms with Crippen LogP contribution >= 0.6 is 0 Å². The number of piperidine rings is 1. The van der Waals surface area contributed by atoms with E-state index in [2.05, 4.69) is 10.6 Å². The molecule has 1 unspecified atom stereocenters. The predicted molar refractivity (Wildman–Crippen MR) is 75.5 cm³/mol. The van der Waals surface area contributed by atoms with Gasteiger partial charge in [-0.1, -0.05) is 0 Å². The number of urea groups is 1. The highest BCUT2D eigenvalue weighted by atomic mass is 16.2. The molecule has 7 heteroatoms. The fourth-order valence-electron chi connectivity index (χ4n) is 3.26. The summed E-state index contributed by atoms with van der Waals surface area (Å²) in [6.45, 7) is 3.71. The third kappa shape index (κ3) is 2.50. The van der Waals surface area contributed by atoms with Crippen molar-refractivity contribution in [3.8, 4) is 0 Å². The second-order valence-electron chi connectivity index (χ2n) is 6.09. The van der Waals surface area contributed by atoms with Crippen molar-refractivity contribution in [3.63, 3.8) is 0 Å². The van der Waals surface area contributed by atoms with Crippen LogP contribution in [0.3, 0.4) is 0 Å².